The number of benzene rings is 2. The second-order valence-electron chi connectivity index (χ2n) is 5.41. The van der Waals surface area contributed by atoms with Crippen molar-refractivity contribution in [2.75, 3.05) is 18.5 Å². The van der Waals surface area contributed by atoms with E-state index in [0.29, 0.717) is 35.2 Å². The maximum absolute atomic E-state index is 12.1. The van der Waals surface area contributed by atoms with E-state index in [4.69, 9.17) is 27.9 Å². The number of Topliss-reactive ketones (excluding diaryl/α,β-unsaturated/α-hetero) is 1. The minimum absolute atomic E-state index is 0.00926. The minimum atomic E-state index is -0.240. The highest BCUT2D eigenvalue weighted by Gasteiger charge is 2.08. The van der Waals surface area contributed by atoms with Gasteiger partial charge in [-0.15, -0.1) is 0 Å². The first-order chi connectivity index (χ1) is 12.0. The number of anilines is 1. The highest BCUT2D eigenvalue weighted by molar-refractivity contribution is 6.42. The molecule has 2 aromatic rings. The normalized spacial score (nSPS) is 10.4. The van der Waals surface area contributed by atoms with E-state index in [1.165, 1.54) is 0 Å². The zero-order valence-electron chi connectivity index (χ0n) is 13.9. The van der Waals surface area contributed by atoms with Gasteiger partial charge in [-0.1, -0.05) is 35.3 Å². The number of halogens is 2. The van der Waals surface area contributed by atoms with Crippen LogP contribution < -0.4 is 5.32 Å². The van der Waals surface area contributed by atoms with Crippen molar-refractivity contribution in [2.24, 2.45) is 0 Å². The number of esters is 1. The molecule has 6 heteroatoms. The summed E-state index contributed by atoms with van der Waals surface area (Å²) in [7, 11) is 0. The van der Waals surface area contributed by atoms with E-state index >= 15 is 0 Å². The maximum Gasteiger partial charge on any atom is 0.310 e. The van der Waals surface area contributed by atoms with Crippen molar-refractivity contribution in [3.63, 3.8) is 0 Å². The lowest BCUT2D eigenvalue weighted by Gasteiger charge is -2.08. The summed E-state index contributed by atoms with van der Waals surface area (Å²) in [6.07, 6.45) is 0.590. The molecule has 0 amide bonds. The lowest BCUT2D eigenvalue weighted by atomic mass is 10.1. The molecule has 0 aromatic heterocycles. The van der Waals surface area contributed by atoms with Crippen LogP contribution in [0.1, 0.15) is 29.3 Å². The summed E-state index contributed by atoms with van der Waals surface area (Å²) in [6, 6.07) is 12.3. The largest absolute Gasteiger partial charge is 0.466 e. The molecular formula is C19H19Cl2NO3. The molecule has 0 heterocycles. The molecule has 2 aromatic carbocycles. The molecule has 2 rings (SSSR count). The summed E-state index contributed by atoms with van der Waals surface area (Å²) < 4.78 is 4.92. The van der Waals surface area contributed by atoms with Gasteiger partial charge in [0.25, 0.3) is 0 Å². The second kappa shape index (κ2) is 9.44. The van der Waals surface area contributed by atoms with Crippen molar-refractivity contribution in [1.82, 2.24) is 0 Å². The van der Waals surface area contributed by atoms with Crippen molar-refractivity contribution in [2.45, 2.75) is 19.8 Å². The lowest BCUT2D eigenvalue weighted by molar-refractivity contribution is -0.142. The fourth-order valence-electron chi connectivity index (χ4n) is 2.25. The van der Waals surface area contributed by atoms with E-state index in [2.05, 4.69) is 5.32 Å². The Morgan fingerprint density at radius 1 is 1.04 bits per heavy atom. The fraction of sp³-hybridized carbons (Fsp3) is 0.263. The molecule has 0 fully saturated rings. The van der Waals surface area contributed by atoms with Gasteiger partial charge in [-0.25, -0.2) is 0 Å². The van der Waals surface area contributed by atoms with E-state index in [-0.39, 0.29) is 18.2 Å². The Hall–Kier alpha value is -2.04. The first-order valence-corrected chi connectivity index (χ1v) is 8.72. The van der Waals surface area contributed by atoms with Crippen LogP contribution in [0.5, 0.6) is 0 Å². The van der Waals surface area contributed by atoms with Crippen LogP contribution in [0.25, 0.3) is 0 Å². The third kappa shape index (κ3) is 6.07. The van der Waals surface area contributed by atoms with Crippen LogP contribution in [0.15, 0.2) is 42.5 Å². The van der Waals surface area contributed by atoms with Gasteiger partial charge >= 0.3 is 5.97 Å². The predicted octanol–water partition coefficient (Wildman–Crippen LogP) is 4.78. The average molecular weight is 380 g/mol. The summed E-state index contributed by atoms with van der Waals surface area (Å²) in [5.74, 6) is -0.250. The van der Waals surface area contributed by atoms with Crippen LogP contribution in [-0.4, -0.2) is 24.9 Å². The van der Waals surface area contributed by atoms with Gasteiger partial charge < -0.3 is 10.1 Å². The number of hydrogen-bond donors (Lipinski definition) is 1. The zero-order valence-corrected chi connectivity index (χ0v) is 15.4. The summed E-state index contributed by atoms with van der Waals surface area (Å²) in [6.45, 7) is 2.66. The molecule has 0 aliphatic rings. The molecule has 0 atom stereocenters. The maximum atomic E-state index is 12.1. The Labute approximate surface area is 157 Å². The number of rotatable bonds is 8. The quantitative estimate of drug-likeness (QED) is 0.529. The Morgan fingerprint density at radius 2 is 1.76 bits per heavy atom. The monoisotopic (exact) mass is 379 g/mol. The summed E-state index contributed by atoms with van der Waals surface area (Å²) in [4.78, 5) is 23.6. The Morgan fingerprint density at radius 3 is 2.40 bits per heavy atom. The van der Waals surface area contributed by atoms with Gasteiger partial charge in [-0.05, 0) is 42.8 Å². The molecule has 0 unspecified atom stereocenters. The first-order valence-electron chi connectivity index (χ1n) is 7.96. The molecule has 0 spiro atoms. The lowest BCUT2D eigenvalue weighted by Crippen LogP contribution is -2.09. The number of hydrogen-bond acceptors (Lipinski definition) is 4. The van der Waals surface area contributed by atoms with Gasteiger partial charge in [0.15, 0.2) is 5.78 Å². The fourth-order valence-corrected chi connectivity index (χ4v) is 2.55. The minimum Gasteiger partial charge on any atom is -0.466 e. The number of carbonyl (C=O) groups is 2. The van der Waals surface area contributed by atoms with E-state index in [1.807, 2.05) is 24.3 Å². The van der Waals surface area contributed by atoms with Crippen molar-refractivity contribution < 1.29 is 14.3 Å². The number of carbonyl (C=O) groups excluding carboxylic acids is 2. The van der Waals surface area contributed by atoms with Gasteiger partial charge in [0.05, 0.1) is 23.1 Å². The van der Waals surface area contributed by atoms with E-state index in [1.54, 1.807) is 25.1 Å². The number of nitrogens with one attached hydrogen (secondary N) is 1. The molecule has 0 saturated carbocycles. The Balaban J connectivity index is 1.82. The smallest absolute Gasteiger partial charge is 0.310 e. The number of ether oxygens (including phenoxy) is 1. The predicted molar refractivity (Wildman–Crippen MR) is 101 cm³/mol. The first kappa shape index (κ1) is 19.3. The van der Waals surface area contributed by atoms with Gasteiger partial charge in [-0.2, -0.15) is 0 Å². The highest BCUT2D eigenvalue weighted by Crippen LogP contribution is 2.23. The van der Waals surface area contributed by atoms with Crippen LogP contribution in [0.2, 0.25) is 10.0 Å². The van der Waals surface area contributed by atoms with E-state index in [0.717, 1.165) is 11.3 Å². The summed E-state index contributed by atoms with van der Waals surface area (Å²) in [5.41, 5.74) is 2.31. The topological polar surface area (TPSA) is 55.4 Å². The summed E-state index contributed by atoms with van der Waals surface area (Å²) in [5, 5.41) is 3.98. The van der Waals surface area contributed by atoms with Crippen molar-refractivity contribution >= 4 is 40.6 Å². The Kier molecular flexibility index (Phi) is 7.29. The third-order valence-corrected chi connectivity index (χ3v) is 4.27. The standard InChI is InChI=1S/C19H19Cl2NO3/c1-2-25-19(24)11-13-3-6-15(7-4-13)22-10-9-18(23)14-5-8-16(20)17(21)12-14/h3-8,12,22H,2,9-11H2,1H3. The molecular weight excluding hydrogens is 361 g/mol. The van der Waals surface area contributed by atoms with Crippen molar-refractivity contribution in [1.29, 1.82) is 0 Å². The van der Waals surface area contributed by atoms with Crippen molar-refractivity contribution in [3.05, 3.63) is 63.6 Å². The molecule has 0 aliphatic carbocycles. The SMILES string of the molecule is CCOC(=O)Cc1ccc(NCCC(=O)c2ccc(Cl)c(Cl)c2)cc1. The van der Waals surface area contributed by atoms with Gasteiger partial charge in [0, 0.05) is 24.2 Å². The molecule has 0 radical (unpaired) electrons. The molecule has 132 valence electrons. The Bertz CT molecular complexity index is 745. The average Bonchev–Trinajstić information content (AvgIpc) is 2.59. The van der Waals surface area contributed by atoms with Crippen LogP contribution >= 0.6 is 23.2 Å². The van der Waals surface area contributed by atoms with Crippen LogP contribution in [0, 0.1) is 0 Å². The molecule has 0 saturated heterocycles. The van der Waals surface area contributed by atoms with E-state index in [9.17, 15) is 9.59 Å². The highest BCUT2D eigenvalue weighted by atomic mass is 35.5. The van der Waals surface area contributed by atoms with Crippen molar-refractivity contribution in [3.8, 4) is 0 Å². The molecule has 0 aliphatic heterocycles. The number of ketones is 1. The second-order valence-corrected chi connectivity index (χ2v) is 6.22. The molecule has 4 nitrogen and oxygen atoms in total. The van der Waals surface area contributed by atoms with Crippen LogP contribution in [0.3, 0.4) is 0 Å². The third-order valence-electron chi connectivity index (χ3n) is 3.53. The van der Waals surface area contributed by atoms with Gasteiger partial charge in [-0.3, -0.25) is 9.59 Å². The molecule has 25 heavy (non-hydrogen) atoms. The summed E-state index contributed by atoms with van der Waals surface area (Å²) >= 11 is 11.8. The van der Waals surface area contributed by atoms with E-state index < -0.39 is 0 Å². The van der Waals surface area contributed by atoms with Crippen LogP contribution in [0.4, 0.5) is 5.69 Å². The molecule has 1 N–H and O–H groups in total. The zero-order chi connectivity index (χ0) is 18.2. The van der Waals surface area contributed by atoms with Gasteiger partial charge in [0.2, 0.25) is 0 Å². The van der Waals surface area contributed by atoms with Crippen LogP contribution in [-0.2, 0) is 16.0 Å². The van der Waals surface area contributed by atoms with Gasteiger partial charge in [0.1, 0.15) is 0 Å². The molecule has 0 bridgehead atoms.